The lowest BCUT2D eigenvalue weighted by Gasteiger charge is -2.05. The van der Waals surface area contributed by atoms with Crippen LogP contribution in [0.1, 0.15) is 41.3 Å². The van der Waals surface area contributed by atoms with E-state index >= 15 is 0 Å². The average molecular weight is 303 g/mol. The van der Waals surface area contributed by atoms with Gasteiger partial charge in [-0.25, -0.2) is 4.98 Å². The molecule has 1 atom stereocenters. The van der Waals surface area contributed by atoms with Gasteiger partial charge in [0.15, 0.2) is 5.69 Å². The van der Waals surface area contributed by atoms with E-state index in [2.05, 4.69) is 10.3 Å². The summed E-state index contributed by atoms with van der Waals surface area (Å²) in [5.41, 5.74) is 7.19. The standard InChI is InChI=1S/C16H21N3O3/c1-3-13(17)16-19-14(10-22-16)15(20)18-9-8-11-4-6-12(21-2)7-5-11/h4-7,10,13H,3,8-9,17H2,1-2H3,(H,18,20). The maximum absolute atomic E-state index is 12.0. The maximum atomic E-state index is 12.0. The van der Waals surface area contributed by atoms with E-state index in [-0.39, 0.29) is 17.6 Å². The molecule has 1 amide bonds. The molecule has 1 heterocycles. The normalized spacial score (nSPS) is 12.0. The molecule has 118 valence electrons. The van der Waals surface area contributed by atoms with Crippen molar-refractivity contribution in [2.24, 2.45) is 5.73 Å². The summed E-state index contributed by atoms with van der Waals surface area (Å²) in [4.78, 5) is 16.1. The third-order valence-electron chi connectivity index (χ3n) is 3.37. The number of carbonyl (C=O) groups is 1. The summed E-state index contributed by atoms with van der Waals surface area (Å²) in [6.07, 6.45) is 2.78. The third-order valence-corrected chi connectivity index (χ3v) is 3.37. The predicted octanol–water partition coefficient (Wildman–Crippen LogP) is 2.07. The van der Waals surface area contributed by atoms with Gasteiger partial charge in [-0.2, -0.15) is 0 Å². The molecule has 0 saturated heterocycles. The lowest BCUT2D eigenvalue weighted by molar-refractivity contribution is 0.0949. The Balaban J connectivity index is 1.83. The van der Waals surface area contributed by atoms with Crippen LogP contribution in [-0.2, 0) is 6.42 Å². The van der Waals surface area contributed by atoms with Crippen LogP contribution in [0.5, 0.6) is 5.75 Å². The number of rotatable bonds is 7. The minimum Gasteiger partial charge on any atom is -0.497 e. The summed E-state index contributed by atoms with van der Waals surface area (Å²) in [6, 6.07) is 7.46. The van der Waals surface area contributed by atoms with E-state index in [4.69, 9.17) is 14.9 Å². The summed E-state index contributed by atoms with van der Waals surface area (Å²) in [5, 5.41) is 2.81. The van der Waals surface area contributed by atoms with Crippen LogP contribution in [0.3, 0.4) is 0 Å². The van der Waals surface area contributed by atoms with Crippen molar-refractivity contribution in [1.82, 2.24) is 10.3 Å². The highest BCUT2D eigenvalue weighted by atomic mass is 16.5. The van der Waals surface area contributed by atoms with Gasteiger partial charge < -0.3 is 20.2 Å². The number of methoxy groups -OCH3 is 1. The minimum atomic E-state index is -0.277. The molecule has 1 aromatic heterocycles. The summed E-state index contributed by atoms with van der Waals surface area (Å²) in [6.45, 7) is 2.46. The number of ether oxygens (including phenoxy) is 1. The number of hydrogen-bond acceptors (Lipinski definition) is 5. The van der Waals surface area contributed by atoms with Crippen LogP contribution in [0.4, 0.5) is 0 Å². The molecule has 0 aliphatic rings. The number of benzene rings is 1. The first-order valence-electron chi connectivity index (χ1n) is 7.26. The molecule has 1 unspecified atom stereocenters. The molecule has 22 heavy (non-hydrogen) atoms. The number of nitrogens with one attached hydrogen (secondary N) is 1. The van der Waals surface area contributed by atoms with E-state index in [9.17, 15) is 4.79 Å². The Morgan fingerprint density at radius 3 is 2.77 bits per heavy atom. The second-order valence-electron chi connectivity index (χ2n) is 4.94. The molecule has 0 fully saturated rings. The highest BCUT2D eigenvalue weighted by Crippen LogP contribution is 2.13. The summed E-state index contributed by atoms with van der Waals surface area (Å²) >= 11 is 0. The Morgan fingerprint density at radius 2 is 2.14 bits per heavy atom. The summed E-state index contributed by atoms with van der Waals surface area (Å²) < 4.78 is 10.3. The van der Waals surface area contributed by atoms with E-state index in [1.54, 1.807) is 7.11 Å². The van der Waals surface area contributed by atoms with E-state index in [0.29, 0.717) is 18.9 Å². The van der Waals surface area contributed by atoms with Crippen LogP contribution in [-0.4, -0.2) is 24.5 Å². The SMILES string of the molecule is CCC(N)c1nc(C(=O)NCCc2ccc(OC)cc2)co1. The Labute approximate surface area is 129 Å². The Morgan fingerprint density at radius 1 is 1.41 bits per heavy atom. The number of oxazole rings is 1. The number of nitrogens with two attached hydrogens (primary N) is 1. The highest BCUT2D eigenvalue weighted by Gasteiger charge is 2.15. The molecule has 0 aliphatic carbocycles. The molecule has 0 radical (unpaired) electrons. The van der Waals surface area contributed by atoms with Crippen LogP contribution >= 0.6 is 0 Å². The van der Waals surface area contributed by atoms with Crippen molar-refractivity contribution in [3.05, 3.63) is 47.7 Å². The number of nitrogens with zero attached hydrogens (tertiary/aromatic N) is 1. The predicted molar refractivity (Wildman–Crippen MR) is 82.8 cm³/mol. The summed E-state index contributed by atoms with van der Waals surface area (Å²) in [5.74, 6) is 0.949. The van der Waals surface area contributed by atoms with Crippen molar-refractivity contribution in [2.45, 2.75) is 25.8 Å². The molecule has 2 aromatic rings. The number of hydrogen-bond donors (Lipinski definition) is 2. The molecule has 0 bridgehead atoms. The molecule has 0 spiro atoms. The van der Waals surface area contributed by atoms with Gasteiger partial charge in [-0.15, -0.1) is 0 Å². The Kier molecular flexibility index (Phi) is 5.55. The maximum Gasteiger partial charge on any atom is 0.273 e. The molecule has 2 rings (SSSR count). The van der Waals surface area contributed by atoms with E-state index < -0.39 is 0 Å². The number of amides is 1. The quantitative estimate of drug-likeness (QED) is 0.817. The topological polar surface area (TPSA) is 90.4 Å². The van der Waals surface area contributed by atoms with Gasteiger partial charge in [0.2, 0.25) is 5.89 Å². The fraction of sp³-hybridized carbons (Fsp3) is 0.375. The van der Waals surface area contributed by atoms with Gasteiger partial charge in [-0.1, -0.05) is 19.1 Å². The fourth-order valence-electron chi connectivity index (χ4n) is 1.94. The van der Waals surface area contributed by atoms with Crippen LogP contribution in [0.25, 0.3) is 0 Å². The zero-order chi connectivity index (χ0) is 15.9. The largest absolute Gasteiger partial charge is 0.497 e. The van der Waals surface area contributed by atoms with Crippen molar-refractivity contribution in [1.29, 1.82) is 0 Å². The van der Waals surface area contributed by atoms with Gasteiger partial charge in [0, 0.05) is 6.54 Å². The zero-order valence-corrected chi connectivity index (χ0v) is 12.8. The molecule has 0 saturated carbocycles. The van der Waals surface area contributed by atoms with Crippen LogP contribution < -0.4 is 15.8 Å². The molecule has 6 heteroatoms. The first kappa shape index (κ1) is 16.0. The minimum absolute atomic E-state index is 0.258. The van der Waals surface area contributed by atoms with Gasteiger partial charge >= 0.3 is 0 Å². The molecule has 3 N–H and O–H groups in total. The van der Waals surface area contributed by atoms with Crippen LogP contribution in [0.2, 0.25) is 0 Å². The molecular formula is C16H21N3O3. The van der Waals surface area contributed by atoms with E-state index in [1.165, 1.54) is 6.26 Å². The Hall–Kier alpha value is -2.34. The molecule has 6 nitrogen and oxygen atoms in total. The van der Waals surface area contributed by atoms with E-state index in [0.717, 1.165) is 17.7 Å². The zero-order valence-electron chi connectivity index (χ0n) is 12.8. The van der Waals surface area contributed by atoms with Gasteiger partial charge in [0.25, 0.3) is 5.91 Å². The van der Waals surface area contributed by atoms with E-state index in [1.807, 2.05) is 31.2 Å². The number of carbonyl (C=O) groups excluding carboxylic acids is 1. The lowest BCUT2D eigenvalue weighted by Crippen LogP contribution is -2.26. The highest BCUT2D eigenvalue weighted by molar-refractivity contribution is 5.91. The molecular weight excluding hydrogens is 282 g/mol. The van der Waals surface area contributed by atoms with Crippen molar-refractivity contribution in [3.63, 3.8) is 0 Å². The Bertz CT molecular complexity index is 607. The van der Waals surface area contributed by atoms with Crippen molar-refractivity contribution in [2.75, 3.05) is 13.7 Å². The smallest absolute Gasteiger partial charge is 0.273 e. The lowest BCUT2D eigenvalue weighted by atomic mass is 10.1. The second kappa shape index (κ2) is 7.61. The number of aromatic nitrogens is 1. The van der Waals surface area contributed by atoms with Crippen molar-refractivity contribution >= 4 is 5.91 Å². The molecule has 1 aromatic carbocycles. The monoisotopic (exact) mass is 303 g/mol. The molecule has 0 aliphatic heterocycles. The van der Waals surface area contributed by atoms with Gasteiger partial charge in [-0.05, 0) is 30.5 Å². The second-order valence-corrected chi connectivity index (χ2v) is 4.94. The van der Waals surface area contributed by atoms with Gasteiger partial charge in [-0.3, -0.25) is 4.79 Å². The van der Waals surface area contributed by atoms with Gasteiger partial charge in [0.1, 0.15) is 12.0 Å². The summed E-state index contributed by atoms with van der Waals surface area (Å²) in [7, 11) is 1.63. The van der Waals surface area contributed by atoms with Crippen LogP contribution in [0, 0.1) is 0 Å². The fourth-order valence-corrected chi connectivity index (χ4v) is 1.94. The average Bonchev–Trinajstić information content (AvgIpc) is 3.04. The third kappa shape index (κ3) is 4.08. The first-order chi connectivity index (χ1) is 10.6. The van der Waals surface area contributed by atoms with Gasteiger partial charge in [0.05, 0.1) is 13.2 Å². The van der Waals surface area contributed by atoms with Crippen molar-refractivity contribution < 1.29 is 13.9 Å². The first-order valence-corrected chi connectivity index (χ1v) is 7.26. The van der Waals surface area contributed by atoms with Crippen LogP contribution in [0.15, 0.2) is 34.9 Å². The van der Waals surface area contributed by atoms with Crippen molar-refractivity contribution in [3.8, 4) is 5.75 Å².